The molecule has 0 aromatic heterocycles. The Morgan fingerprint density at radius 2 is 2.11 bits per heavy atom. The van der Waals surface area contributed by atoms with Crippen LogP contribution in [-0.4, -0.2) is 42.7 Å². The van der Waals surface area contributed by atoms with Gasteiger partial charge in [-0.1, -0.05) is 35.9 Å². The lowest BCUT2D eigenvalue weighted by molar-refractivity contribution is -0.148. The van der Waals surface area contributed by atoms with Crippen LogP contribution in [0.1, 0.15) is 12.0 Å². The monoisotopic (exact) mass is 392 g/mol. The molecule has 2 aromatic carbocycles. The summed E-state index contributed by atoms with van der Waals surface area (Å²) in [6.45, 7) is 2.01. The maximum atomic E-state index is 14.0. The molecule has 5 nitrogen and oxygen atoms in total. The van der Waals surface area contributed by atoms with Gasteiger partial charge in [-0.2, -0.15) is 0 Å². The zero-order chi connectivity index (χ0) is 19.3. The highest BCUT2D eigenvalue weighted by Crippen LogP contribution is 2.26. The van der Waals surface area contributed by atoms with Crippen LogP contribution < -0.4 is 10.5 Å². The van der Waals surface area contributed by atoms with Crippen molar-refractivity contribution in [1.29, 1.82) is 0 Å². The van der Waals surface area contributed by atoms with Crippen LogP contribution in [0, 0.1) is 5.82 Å². The van der Waals surface area contributed by atoms with Crippen molar-refractivity contribution in [1.82, 2.24) is 4.90 Å². The highest BCUT2D eigenvalue weighted by atomic mass is 35.5. The van der Waals surface area contributed by atoms with E-state index in [1.807, 2.05) is 4.90 Å². The van der Waals surface area contributed by atoms with Gasteiger partial charge in [0.05, 0.1) is 13.0 Å². The average Bonchev–Trinajstić information content (AvgIpc) is 2.62. The molecule has 3 rings (SSSR count). The molecule has 7 heteroatoms. The molecule has 0 bridgehead atoms. The van der Waals surface area contributed by atoms with Crippen molar-refractivity contribution < 1.29 is 18.7 Å². The number of hydrogen-bond donors (Lipinski definition) is 1. The molecule has 2 aromatic rings. The smallest absolute Gasteiger partial charge is 0.220 e. The topological polar surface area (TPSA) is 64.8 Å². The lowest BCUT2D eigenvalue weighted by Gasteiger charge is -2.42. The van der Waals surface area contributed by atoms with Crippen molar-refractivity contribution in [3.8, 4) is 5.75 Å². The first-order chi connectivity index (χ1) is 13.0. The van der Waals surface area contributed by atoms with Crippen molar-refractivity contribution >= 4 is 17.5 Å². The first-order valence-corrected chi connectivity index (χ1v) is 9.10. The Morgan fingerprint density at radius 3 is 2.85 bits per heavy atom. The van der Waals surface area contributed by atoms with Gasteiger partial charge in [-0.25, -0.2) is 4.39 Å². The van der Waals surface area contributed by atoms with Crippen molar-refractivity contribution in [2.75, 3.05) is 26.3 Å². The molecular formula is C20H22ClFN2O3. The number of rotatable bonds is 7. The minimum Gasteiger partial charge on any atom is -0.490 e. The number of nitrogens with zero attached hydrogens (tertiary/aromatic N) is 1. The molecule has 1 amide bonds. The van der Waals surface area contributed by atoms with Gasteiger partial charge in [0, 0.05) is 30.2 Å². The maximum Gasteiger partial charge on any atom is 0.220 e. The summed E-state index contributed by atoms with van der Waals surface area (Å²) >= 11 is 5.98. The fraction of sp³-hybridized carbons (Fsp3) is 0.350. The van der Waals surface area contributed by atoms with Crippen molar-refractivity contribution in [3.05, 3.63) is 64.9 Å². The van der Waals surface area contributed by atoms with Crippen LogP contribution in [0.5, 0.6) is 5.75 Å². The number of hydrogen-bond acceptors (Lipinski definition) is 4. The van der Waals surface area contributed by atoms with E-state index in [9.17, 15) is 9.18 Å². The van der Waals surface area contributed by atoms with Gasteiger partial charge in [0.25, 0.3) is 0 Å². The van der Waals surface area contributed by atoms with Gasteiger partial charge < -0.3 is 15.2 Å². The largest absolute Gasteiger partial charge is 0.490 e. The number of amides is 1. The summed E-state index contributed by atoms with van der Waals surface area (Å²) < 4.78 is 25.8. The van der Waals surface area contributed by atoms with Crippen LogP contribution in [-0.2, 0) is 16.1 Å². The van der Waals surface area contributed by atoms with Crippen molar-refractivity contribution in [3.63, 3.8) is 0 Å². The SMILES string of the molecule is NC(=O)C[C@]1(COc2cccc(Cl)c2)CN(Cc2ccccc2F)CCO1. The third kappa shape index (κ3) is 5.42. The molecule has 144 valence electrons. The summed E-state index contributed by atoms with van der Waals surface area (Å²) in [5.74, 6) is -0.140. The Labute approximate surface area is 162 Å². The molecule has 0 unspecified atom stereocenters. The number of primary amides is 1. The van der Waals surface area contributed by atoms with Gasteiger partial charge >= 0.3 is 0 Å². The predicted molar refractivity (Wildman–Crippen MR) is 101 cm³/mol. The summed E-state index contributed by atoms with van der Waals surface area (Å²) in [6.07, 6.45) is 0.0152. The van der Waals surface area contributed by atoms with Crippen LogP contribution in [0.15, 0.2) is 48.5 Å². The average molecular weight is 393 g/mol. The quantitative estimate of drug-likeness (QED) is 0.786. The Hall–Kier alpha value is -2.15. The van der Waals surface area contributed by atoms with Gasteiger partial charge in [-0.15, -0.1) is 0 Å². The summed E-state index contributed by atoms with van der Waals surface area (Å²) in [5, 5.41) is 0.558. The molecule has 1 fully saturated rings. The molecule has 27 heavy (non-hydrogen) atoms. The summed E-state index contributed by atoms with van der Waals surface area (Å²) in [7, 11) is 0. The summed E-state index contributed by atoms with van der Waals surface area (Å²) in [4.78, 5) is 13.7. The van der Waals surface area contributed by atoms with Crippen LogP contribution in [0.2, 0.25) is 5.02 Å². The molecule has 1 aliphatic heterocycles. The molecule has 0 radical (unpaired) electrons. The molecule has 1 atom stereocenters. The fourth-order valence-corrected chi connectivity index (χ4v) is 3.44. The zero-order valence-corrected chi connectivity index (χ0v) is 15.6. The summed E-state index contributed by atoms with van der Waals surface area (Å²) in [5.41, 5.74) is 5.16. The molecule has 1 heterocycles. The number of morpholine rings is 1. The van der Waals surface area contributed by atoms with Crippen molar-refractivity contribution in [2.45, 2.75) is 18.6 Å². The number of carbonyl (C=O) groups is 1. The normalized spacial score (nSPS) is 20.4. The third-order valence-corrected chi connectivity index (χ3v) is 4.71. The zero-order valence-electron chi connectivity index (χ0n) is 14.9. The number of nitrogens with two attached hydrogens (primary N) is 1. The van der Waals surface area contributed by atoms with E-state index in [2.05, 4.69) is 0 Å². The molecule has 2 N–H and O–H groups in total. The molecular weight excluding hydrogens is 371 g/mol. The predicted octanol–water partition coefficient (Wildman–Crippen LogP) is 3.00. The van der Waals surface area contributed by atoms with Gasteiger partial charge in [-0.3, -0.25) is 9.69 Å². The number of ether oxygens (including phenoxy) is 2. The van der Waals surface area contributed by atoms with E-state index in [-0.39, 0.29) is 18.8 Å². The van der Waals surface area contributed by atoms with E-state index in [0.29, 0.717) is 42.6 Å². The van der Waals surface area contributed by atoms with Gasteiger partial charge in [-0.05, 0) is 24.3 Å². The van der Waals surface area contributed by atoms with E-state index in [4.69, 9.17) is 26.8 Å². The lowest BCUT2D eigenvalue weighted by atomic mass is 9.97. The molecule has 0 saturated carbocycles. The first kappa shape index (κ1) is 19.6. The highest BCUT2D eigenvalue weighted by Gasteiger charge is 2.39. The molecule has 1 saturated heterocycles. The first-order valence-electron chi connectivity index (χ1n) is 8.72. The van der Waals surface area contributed by atoms with Crippen molar-refractivity contribution in [2.24, 2.45) is 5.73 Å². The minimum absolute atomic E-state index is 0.0152. The molecule has 1 aliphatic rings. The second-order valence-corrected chi connectivity index (χ2v) is 7.16. The van der Waals surface area contributed by atoms with Crippen LogP contribution >= 0.6 is 11.6 Å². The Bertz CT molecular complexity index is 804. The van der Waals surface area contributed by atoms with E-state index in [0.717, 1.165) is 0 Å². The maximum absolute atomic E-state index is 14.0. The van der Waals surface area contributed by atoms with Gasteiger partial charge in [0.15, 0.2) is 0 Å². The van der Waals surface area contributed by atoms with E-state index >= 15 is 0 Å². The Morgan fingerprint density at radius 1 is 1.30 bits per heavy atom. The van der Waals surface area contributed by atoms with Crippen LogP contribution in [0.25, 0.3) is 0 Å². The third-order valence-electron chi connectivity index (χ3n) is 4.47. The fourth-order valence-electron chi connectivity index (χ4n) is 3.26. The number of benzene rings is 2. The second-order valence-electron chi connectivity index (χ2n) is 6.72. The van der Waals surface area contributed by atoms with Crippen LogP contribution in [0.4, 0.5) is 4.39 Å². The number of carbonyl (C=O) groups excluding carboxylic acids is 1. The standard InChI is InChI=1S/C20H22ClFN2O3/c21-16-5-3-6-17(10-16)26-14-20(11-19(23)25)13-24(8-9-27-20)12-15-4-1-2-7-18(15)22/h1-7,10H,8-9,11-14H2,(H2,23,25)/t20-/m1/s1. The van der Waals surface area contributed by atoms with Crippen LogP contribution in [0.3, 0.4) is 0 Å². The van der Waals surface area contributed by atoms with Gasteiger partial charge in [0.1, 0.15) is 23.8 Å². The van der Waals surface area contributed by atoms with Gasteiger partial charge in [0.2, 0.25) is 5.91 Å². The molecule has 0 aliphatic carbocycles. The van der Waals surface area contributed by atoms with E-state index < -0.39 is 11.5 Å². The van der Waals surface area contributed by atoms with E-state index in [1.54, 1.807) is 42.5 Å². The Balaban J connectivity index is 1.72. The second kappa shape index (κ2) is 8.69. The minimum atomic E-state index is -0.891. The lowest BCUT2D eigenvalue weighted by Crippen LogP contribution is -2.56. The number of halogens is 2. The Kier molecular flexibility index (Phi) is 6.31. The molecule has 0 spiro atoms. The van der Waals surface area contributed by atoms with E-state index in [1.165, 1.54) is 6.07 Å². The highest BCUT2D eigenvalue weighted by molar-refractivity contribution is 6.30. The summed E-state index contributed by atoms with van der Waals surface area (Å²) in [6, 6.07) is 13.7.